The number of hydrogen-bond acceptors (Lipinski definition) is 6. The molecule has 0 aliphatic carbocycles. The Morgan fingerprint density at radius 2 is 1.96 bits per heavy atom. The number of likely N-dealkylation sites (N-methyl/N-ethyl adjacent to an activating group) is 1. The van der Waals surface area contributed by atoms with Gasteiger partial charge >= 0.3 is 6.09 Å². The molecule has 0 aliphatic heterocycles. The van der Waals surface area contributed by atoms with Crippen LogP contribution >= 0.6 is 0 Å². The number of nitrogens with one attached hydrogen (secondary N) is 1. The Kier molecular flexibility index (Phi) is 7.85. The van der Waals surface area contributed by atoms with Gasteiger partial charge in [-0.05, 0) is 44.9 Å². The third-order valence-electron chi connectivity index (χ3n) is 3.39. The summed E-state index contributed by atoms with van der Waals surface area (Å²) >= 11 is 0. The molecule has 1 aromatic carbocycles. The Balaban J connectivity index is 2.57. The van der Waals surface area contributed by atoms with Gasteiger partial charge in [-0.15, -0.1) is 0 Å². The van der Waals surface area contributed by atoms with Crippen LogP contribution in [0.25, 0.3) is 0 Å². The average Bonchev–Trinajstić information content (AvgIpc) is 2.55. The Hall–Kier alpha value is -2.32. The number of hydroxylamine groups is 2. The van der Waals surface area contributed by atoms with Gasteiger partial charge in [0.1, 0.15) is 24.0 Å². The number of carbonyl (C=O) groups is 2. The van der Waals surface area contributed by atoms with Gasteiger partial charge in [0.2, 0.25) is 0 Å². The molecule has 0 saturated heterocycles. The molecular formula is C18H29N3O5. The van der Waals surface area contributed by atoms with Crippen molar-refractivity contribution in [3.63, 3.8) is 0 Å². The molecule has 26 heavy (non-hydrogen) atoms. The lowest BCUT2D eigenvalue weighted by Gasteiger charge is -2.20. The molecule has 2 amide bonds. The van der Waals surface area contributed by atoms with Crippen LogP contribution < -0.4 is 15.8 Å². The van der Waals surface area contributed by atoms with Crippen LogP contribution in [0.5, 0.6) is 5.75 Å². The van der Waals surface area contributed by atoms with Crippen LogP contribution in [-0.2, 0) is 20.9 Å². The van der Waals surface area contributed by atoms with Crippen LogP contribution in [0, 0.1) is 6.92 Å². The first kappa shape index (κ1) is 21.7. The Bertz CT molecular complexity index is 628. The zero-order chi connectivity index (χ0) is 19.9. The van der Waals surface area contributed by atoms with Gasteiger partial charge in [0.25, 0.3) is 5.91 Å². The number of nitrogens with zero attached hydrogens (tertiary/aromatic N) is 1. The summed E-state index contributed by atoms with van der Waals surface area (Å²) in [5.74, 6) is 0.248. The number of amides is 2. The van der Waals surface area contributed by atoms with Crippen LogP contribution in [0.3, 0.4) is 0 Å². The van der Waals surface area contributed by atoms with Crippen LogP contribution in [0.1, 0.15) is 31.9 Å². The Labute approximate surface area is 154 Å². The minimum atomic E-state index is -0.826. The highest BCUT2D eigenvalue weighted by atomic mass is 16.7. The molecule has 0 saturated carbocycles. The monoisotopic (exact) mass is 367 g/mol. The third kappa shape index (κ3) is 7.28. The molecule has 0 unspecified atom stereocenters. The van der Waals surface area contributed by atoms with E-state index in [4.69, 9.17) is 20.0 Å². The van der Waals surface area contributed by atoms with E-state index in [1.807, 2.05) is 39.8 Å². The van der Waals surface area contributed by atoms with E-state index in [-0.39, 0.29) is 12.5 Å². The van der Waals surface area contributed by atoms with Gasteiger partial charge in [0, 0.05) is 13.6 Å². The topological polar surface area (TPSA) is 103 Å². The smallest absolute Gasteiger partial charge is 0.407 e. The fourth-order valence-corrected chi connectivity index (χ4v) is 2.05. The van der Waals surface area contributed by atoms with Gasteiger partial charge in [0.15, 0.2) is 0 Å². The van der Waals surface area contributed by atoms with Gasteiger partial charge in [0.05, 0.1) is 7.11 Å². The number of rotatable bonds is 7. The highest BCUT2D eigenvalue weighted by Gasteiger charge is 2.19. The first-order valence-electron chi connectivity index (χ1n) is 8.30. The van der Waals surface area contributed by atoms with Crippen molar-refractivity contribution < 1.29 is 23.9 Å². The lowest BCUT2D eigenvalue weighted by Crippen LogP contribution is -2.44. The minimum absolute atomic E-state index is 0.0306. The maximum atomic E-state index is 11.8. The summed E-state index contributed by atoms with van der Waals surface area (Å²) in [6, 6.07) is 4.67. The standard InChI is InChI=1S/C18H29N3O5/c1-12-9-13(10-20-17(23)26-18(2,3)4)7-8-15(12)25-11-14(19)16(22)21(5)24-6/h7-9,14H,10-11,19H2,1-6H3,(H,20,23)/t14-/m0/s1. The van der Waals surface area contributed by atoms with Crippen LogP contribution in [0.15, 0.2) is 18.2 Å². The van der Waals surface area contributed by atoms with Crippen molar-refractivity contribution in [2.75, 3.05) is 20.8 Å². The van der Waals surface area contributed by atoms with Crippen molar-refractivity contribution in [3.8, 4) is 5.75 Å². The van der Waals surface area contributed by atoms with Gasteiger partial charge in [-0.1, -0.05) is 12.1 Å². The van der Waals surface area contributed by atoms with E-state index in [0.29, 0.717) is 12.3 Å². The van der Waals surface area contributed by atoms with Crippen molar-refractivity contribution in [1.29, 1.82) is 0 Å². The molecule has 146 valence electrons. The number of carbonyl (C=O) groups excluding carboxylic acids is 2. The van der Waals surface area contributed by atoms with Gasteiger partial charge < -0.3 is 20.5 Å². The van der Waals surface area contributed by atoms with Crippen LogP contribution in [0.4, 0.5) is 4.79 Å². The molecule has 3 N–H and O–H groups in total. The summed E-state index contributed by atoms with van der Waals surface area (Å²) < 4.78 is 10.8. The highest BCUT2D eigenvalue weighted by molar-refractivity contribution is 5.80. The molecule has 0 radical (unpaired) electrons. The number of aryl methyl sites for hydroxylation is 1. The summed E-state index contributed by atoms with van der Waals surface area (Å²) in [5, 5.41) is 3.76. The number of hydrogen-bond donors (Lipinski definition) is 2. The van der Waals surface area contributed by atoms with Crippen molar-refractivity contribution in [1.82, 2.24) is 10.4 Å². The minimum Gasteiger partial charge on any atom is -0.491 e. The summed E-state index contributed by atoms with van der Waals surface area (Å²) in [7, 11) is 2.87. The SMILES string of the molecule is CON(C)C(=O)[C@@H](N)COc1ccc(CNC(=O)OC(C)(C)C)cc1C. The molecule has 0 spiro atoms. The van der Waals surface area contributed by atoms with E-state index in [0.717, 1.165) is 16.2 Å². The molecule has 8 nitrogen and oxygen atoms in total. The summed E-state index contributed by atoms with van der Waals surface area (Å²) in [5.41, 5.74) is 7.03. The zero-order valence-corrected chi connectivity index (χ0v) is 16.3. The molecule has 0 heterocycles. The molecule has 0 fully saturated rings. The van der Waals surface area contributed by atoms with E-state index in [1.165, 1.54) is 14.2 Å². The molecule has 1 atom stereocenters. The van der Waals surface area contributed by atoms with Gasteiger partial charge in [-0.25, -0.2) is 9.86 Å². The predicted octanol–water partition coefficient (Wildman–Crippen LogP) is 1.75. The quantitative estimate of drug-likeness (QED) is 0.712. The maximum absolute atomic E-state index is 11.8. The average molecular weight is 367 g/mol. The van der Waals surface area contributed by atoms with Crippen molar-refractivity contribution in [3.05, 3.63) is 29.3 Å². The molecule has 1 rings (SSSR count). The molecule has 1 aromatic rings. The highest BCUT2D eigenvalue weighted by Crippen LogP contribution is 2.19. The van der Waals surface area contributed by atoms with Crippen LogP contribution in [0.2, 0.25) is 0 Å². The van der Waals surface area contributed by atoms with E-state index in [2.05, 4.69) is 5.32 Å². The number of nitrogens with two attached hydrogens (primary N) is 1. The molecule has 0 aliphatic rings. The molecule has 0 aromatic heterocycles. The Morgan fingerprint density at radius 3 is 2.50 bits per heavy atom. The fourth-order valence-electron chi connectivity index (χ4n) is 2.05. The first-order valence-corrected chi connectivity index (χ1v) is 8.30. The van der Waals surface area contributed by atoms with E-state index >= 15 is 0 Å². The summed E-state index contributed by atoms with van der Waals surface area (Å²) in [6.45, 7) is 7.67. The lowest BCUT2D eigenvalue weighted by molar-refractivity contribution is -0.170. The second kappa shape index (κ2) is 9.40. The maximum Gasteiger partial charge on any atom is 0.407 e. The predicted molar refractivity (Wildman–Crippen MR) is 97.5 cm³/mol. The zero-order valence-electron chi connectivity index (χ0n) is 16.3. The number of benzene rings is 1. The number of alkyl carbamates (subject to hydrolysis) is 1. The Morgan fingerprint density at radius 1 is 1.31 bits per heavy atom. The first-order chi connectivity index (χ1) is 12.0. The lowest BCUT2D eigenvalue weighted by atomic mass is 10.1. The third-order valence-corrected chi connectivity index (χ3v) is 3.39. The fraction of sp³-hybridized carbons (Fsp3) is 0.556. The summed E-state index contributed by atoms with van der Waals surface area (Å²) in [6.07, 6.45) is -0.470. The van der Waals surface area contributed by atoms with Gasteiger partial charge in [-0.2, -0.15) is 0 Å². The van der Waals surface area contributed by atoms with Crippen molar-refractivity contribution in [2.45, 2.75) is 45.9 Å². The van der Waals surface area contributed by atoms with E-state index in [9.17, 15) is 9.59 Å². The molecular weight excluding hydrogens is 338 g/mol. The van der Waals surface area contributed by atoms with E-state index < -0.39 is 17.7 Å². The van der Waals surface area contributed by atoms with Crippen molar-refractivity contribution >= 4 is 12.0 Å². The second-order valence-electron chi connectivity index (χ2n) is 6.89. The van der Waals surface area contributed by atoms with Gasteiger partial charge in [-0.3, -0.25) is 9.63 Å². The number of ether oxygens (including phenoxy) is 2. The van der Waals surface area contributed by atoms with Crippen LogP contribution in [-0.4, -0.2) is 49.5 Å². The largest absolute Gasteiger partial charge is 0.491 e. The second-order valence-corrected chi connectivity index (χ2v) is 6.89. The molecule has 8 heteroatoms. The molecule has 0 bridgehead atoms. The normalized spacial score (nSPS) is 12.3. The van der Waals surface area contributed by atoms with E-state index in [1.54, 1.807) is 6.07 Å². The summed E-state index contributed by atoms with van der Waals surface area (Å²) in [4.78, 5) is 28.3. The van der Waals surface area contributed by atoms with Crippen molar-refractivity contribution in [2.24, 2.45) is 5.73 Å².